The minimum atomic E-state index is -0.720. The molecule has 1 saturated heterocycles. The van der Waals surface area contributed by atoms with Crippen molar-refractivity contribution in [3.05, 3.63) is 69.0 Å². The molecule has 2 aromatic carbocycles. The van der Waals surface area contributed by atoms with Crippen molar-refractivity contribution in [1.29, 1.82) is 0 Å². The molecular weight excluding hydrogens is 398 g/mol. The van der Waals surface area contributed by atoms with E-state index in [-0.39, 0.29) is 21.3 Å². The van der Waals surface area contributed by atoms with Crippen molar-refractivity contribution in [2.24, 2.45) is 0 Å². The van der Waals surface area contributed by atoms with Gasteiger partial charge < -0.3 is 0 Å². The van der Waals surface area contributed by atoms with Gasteiger partial charge in [-0.1, -0.05) is 29.3 Å². The molecule has 0 bridgehead atoms. The van der Waals surface area contributed by atoms with Gasteiger partial charge in [-0.25, -0.2) is 4.39 Å². The first kappa shape index (κ1) is 18.5. The number of hydrogen-bond donors (Lipinski definition) is 1. The Hall–Kier alpha value is -2.28. The van der Waals surface area contributed by atoms with Crippen LogP contribution in [0.2, 0.25) is 10.0 Å². The zero-order valence-electron chi connectivity index (χ0n) is 13.3. The highest BCUT2D eigenvalue weighted by Crippen LogP contribution is 2.28. The Balaban J connectivity index is 2.09. The molecule has 3 rings (SSSR count). The highest BCUT2D eigenvalue weighted by Gasteiger charge is 2.34. The number of aryl methyl sites for hydroxylation is 1. The SMILES string of the molecule is Cc1ccc(F)c(C=C2C(=O)NC(=S)N(c3ccc(Cl)cc3)C2=O)c1Cl. The van der Waals surface area contributed by atoms with Crippen molar-refractivity contribution in [1.82, 2.24) is 5.32 Å². The molecule has 0 aromatic heterocycles. The van der Waals surface area contributed by atoms with E-state index in [9.17, 15) is 14.0 Å². The van der Waals surface area contributed by atoms with Crippen LogP contribution in [0.3, 0.4) is 0 Å². The quantitative estimate of drug-likeness (QED) is 0.458. The van der Waals surface area contributed by atoms with Gasteiger partial charge in [-0.3, -0.25) is 19.8 Å². The van der Waals surface area contributed by atoms with Gasteiger partial charge in [-0.2, -0.15) is 0 Å². The third-order valence-electron chi connectivity index (χ3n) is 3.79. The smallest absolute Gasteiger partial charge is 0.270 e. The van der Waals surface area contributed by atoms with Gasteiger partial charge in [0.25, 0.3) is 11.8 Å². The van der Waals surface area contributed by atoms with E-state index in [1.807, 2.05) is 0 Å². The second-order valence-electron chi connectivity index (χ2n) is 5.53. The van der Waals surface area contributed by atoms with E-state index in [0.29, 0.717) is 16.3 Å². The Kier molecular flexibility index (Phi) is 5.09. The van der Waals surface area contributed by atoms with E-state index in [1.165, 1.54) is 12.1 Å². The van der Waals surface area contributed by atoms with Crippen LogP contribution in [0.15, 0.2) is 42.0 Å². The second-order valence-corrected chi connectivity index (χ2v) is 6.73. The summed E-state index contributed by atoms with van der Waals surface area (Å²) in [6.07, 6.45) is 1.13. The van der Waals surface area contributed by atoms with Crippen LogP contribution in [-0.4, -0.2) is 16.9 Å². The van der Waals surface area contributed by atoms with Crippen molar-refractivity contribution < 1.29 is 14.0 Å². The van der Waals surface area contributed by atoms with Gasteiger partial charge in [0, 0.05) is 10.6 Å². The minimum Gasteiger partial charge on any atom is -0.298 e. The Morgan fingerprint density at radius 3 is 2.42 bits per heavy atom. The molecule has 1 aliphatic rings. The molecule has 1 N–H and O–H groups in total. The maximum absolute atomic E-state index is 14.2. The van der Waals surface area contributed by atoms with Gasteiger partial charge in [0.2, 0.25) is 0 Å². The highest BCUT2D eigenvalue weighted by molar-refractivity contribution is 7.80. The minimum absolute atomic E-state index is 0.0333. The Morgan fingerprint density at radius 1 is 1.12 bits per heavy atom. The predicted molar refractivity (Wildman–Crippen MR) is 104 cm³/mol. The van der Waals surface area contributed by atoms with E-state index >= 15 is 0 Å². The summed E-state index contributed by atoms with van der Waals surface area (Å²) in [5.74, 6) is -2.04. The maximum Gasteiger partial charge on any atom is 0.270 e. The molecule has 4 nitrogen and oxygen atoms in total. The Bertz CT molecular complexity index is 974. The third kappa shape index (κ3) is 3.35. The number of anilines is 1. The standard InChI is InChI=1S/C18H11Cl2FN2O2S/c1-9-2-7-14(21)12(15(9)20)8-13-16(24)22-18(26)23(17(13)25)11-5-3-10(19)4-6-11/h2-8H,1H3,(H,22,24,26). The molecule has 0 aliphatic carbocycles. The van der Waals surface area contributed by atoms with Gasteiger partial charge >= 0.3 is 0 Å². The summed E-state index contributed by atoms with van der Waals surface area (Å²) in [6.45, 7) is 1.70. The van der Waals surface area contributed by atoms with E-state index < -0.39 is 17.6 Å². The summed E-state index contributed by atoms with van der Waals surface area (Å²) in [5, 5.41) is 2.97. The maximum atomic E-state index is 14.2. The number of rotatable bonds is 2. The molecule has 0 radical (unpaired) electrons. The monoisotopic (exact) mass is 408 g/mol. The number of carbonyl (C=O) groups excluding carboxylic acids is 2. The number of thiocarbonyl (C=S) groups is 1. The largest absolute Gasteiger partial charge is 0.298 e. The van der Waals surface area contributed by atoms with Crippen LogP contribution in [0.1, 0.15) is 11.1 Å². The molecule has 8 heteroatoms. The number of nitrogens with zero attached hydrogens (tertiary/aromatic N) is 1. The van der Waals surface area contributed by atoms with Gasteiger partial charge in [-0.05, 0) is 61.1 Å². The van der Waals surface area contributed by atoms with Crippen LogP contribution >= 0.6 is 35.4 Å². The molecule has 26 heavy (non-hydrogen) atoms. The van der Waals surface area contributed by atoms with Crippen LogP contribution in [-0.2, 0) is 9.59 Å². The van der Waals surface area contributed by atoms with Crippen LogP contribution in [0.5, 0.6) is 0 Å². The Labute approximate surface area is 164 Å². The lowest BCUT2D eigenvalue weighted by atomic mass is 10.0. The third-order valence-corrected chi connectivity index (χ3v) is 4.83. The van der Waals surface area contributed by atoms with Gasteiger partial charge in [0.1, 0.15) is 11.4 Å². The molecule has 0 atom stereocenters. The highest BCUT2D eigenvalue weighted by atomic mass is 35.5. The normalized spacial score (nSPS) is 16.2. The summed E-state index contributed by atoms with van der Waals surface area (Å²) in [6, 6.07) is 9.08. The van der Waals surface area contributed by atoms with Crippen LogP contribution < -0.4 is 10.2 Å². The lowest BCUT2D eigenvalue weighted by Gasteiger charge is -2.29. The van der Waals surface area contributed by atoms with Gasteiger partial charge in [0.15, 0.2) is 5.11 Å². The number of carbonyl (C=O) groups is 2. The molecule has 0 unspecified atom stereocenters. The fourth-order valence-electron chi connectivity index (χ4n) is 2.44. The van der Waals surface area contributed by atoms with Gasteiger partial charge in [-0.15, -0.1) is 0 Å². The van der Waals surface area contributed by atoms with E-state index in [2.05, 4.69) is 5.32 Å². The van der Waals surface area contributed by atoms with Crippen molar-refractivity contribution >= 4 is 64.1 Å². The number of amides is 2. The molecule has 1 fully saturated rings. The van der Waals surface area contributed by atoms with E-state index in [1.54, 1.807) is 31.2 Å². The number of nitrogens with one attached hydrogen (secondary N) is 1. The first-order chi connectivity index (χ1) is 12.3. The van der Waals surface area contributed by atoms with E-state index in [0.717, 1.165) is 11.0 Å². The average molecular weight is 409 g/mol. The topological polar surface area (TPSA) is 49.4 Å². The second kappa shape index (κ2) is 7.15. The first-order valence-corrected chi connectivity index (χ1v) is 8.57. The zero-order valence-corrected chi connectivity index (χ0v) is 15.7. The summed E-state index contributed by atoms with van der Waals surface area (Å²) in [4.78, 5) is 26.3. The summed E-state index contributed by atoms with van der Waals surface area (Å²) < 4.78 is 14.2. The fourth-order valence-corrected chi connectivity index (χ4v) is 3.05. The summed E-state index contributed by atoms with van der Waals surface area (Å²) >= 11 is 17.1. The molecule has 0 spiro atoms. The fraction of sp³-hybridized carbons (Fsp3) is 0.0556. The molecule has 0 saturated carbocycles. The summed E-state index contributed by atoms with van der Waals surface area (Å²) in [7, 11) is 0. The van der Waals surface area contributed by atoms with Gasteiger partial charge in [0.05, 0.1) is 10.7 Å². The average Bonchev–Trinajstić information content (AvgIpc) is 2.59. The van der Waals surface area contributed by atoms with Crippen LogP contribution in [0, 0.1) is 12.7 Å². The van der Waals surface area contributed by atoms with Crippen LogP contribution in [0.25, 0.3) is 6.08 Å². The lowest BCUT2D eigenvalue weighted by molar-refractivity contribution is -0.122. The number of benzene rings is 2. The van der Waals surface area contributed by atoms with Crippen molar-refractivity contribution in [3.63, 3.8) is 0 Å². The lowest BCUT2D eigenvalue weighted by Crippen LogP contribution is -2.54. The predicted octanol–water partition coefficient (Wildman–Crippen LogP) is 4.27. The molecule has 1 heterocycles. The summed E-state index contributed by atoms with van der Waals surface area (Å²) in [5.41, 5.74) is 0.730. The van der Waals surface area contributed by atoms with Crippen molar-refractivity contribution in [3.8, 4) is 0 Å². The molecule has 2 amide bonds. The molecule has 132 valence electrons. The zero-order chi connectivity index (χ0) is 19.0. The first-order valence-electron chi connectivity index (χ1n) is 7.41. The number of halogens is 3. The van der Waals surface area contributed by atoms with Crippen molar-refractivity contribution in [2.45, 2.75) is 6.92 Å². The molecule has 2 aromatic rings. The van der Waals surface area contributed by atoms with E-state index in [4.69, 9.17) is 35.4 Å². The number of hydrogen-bond acceptors (Lipinski definition) is 3. The molecular formula is C18H11Cl2FN2O2S. The van der Waals surface area contributed by atoms with Crippen molar-refractivity contribution in [2.75, 3.05) is 4.90 Å². The Morgan fingerprint density at radius 2 is 1.77 bits per heavy atom. The molecule has 1 aliphatic heterocycles. The van der Waals surface area contributed by atoms with Crippen LogP contribution in [0.4, 0.5) is 10.1 Å².